The second-order valence-corrected chi connectivity index (χ2v) is 8.71. The van der Waals surface area contributed by atoms with E-state index in [1.807, 2.05) is 0 Å². The lowest BCUT2D eigenvalue weighted by atomic mass is 9.86. The molecule has 1 saturated heterocycles. The summed E-state index contributed by atoms with van der Waals surface area (Å²) in [4.78, 5) is 25.1. The highest BCUT2D eigenvalue weighted by Crippen LogP contribution is 2.36. The number of carbonyl (C=O) groups is 2. The fraction of sp³-hybridized carbons (Fsp3) is 0.520. The van der Waals surface area contributed by atoms with Crippen molar-refractivity contribution in [1.29, 1.82) is 0 Å². The summed E-state index contributed by atoms with van der Waals surface area (Å²) in [6, 6.07) is 4.23. The number of ether oxygens (including phenoxy) is 5. The number of carbonyl (C=O) groups excluding carboxylic acids is 2. The van der Waals surface area contributed by atoms with Crippen molar-refractivity contribution in [2.45, 2.75) is 56.8 Å². The number of benzene rings is 1. The molecule has 2 aliphatic heterocycles. The van der Waals surface area contributed by atoms with Crippen LogP contribution in [0.4, 0.5) is 0 Å². The Morgan fingerprint density at radius 1 is 1.08 bits per heavy atom. The van der Waals surface area contributed by atoms with Crippen LogP contribution in [0.15, 0.2) is 41.7 Å². The average Bonchev–Trinajstić information content (AvgIpc) is 2.90. The molecule has 1 fully saturated rings. The molecule has 13 heteroatoms. The maximum atomic E-state index is 12.7. The highest BCUT2D eigenvalue weighted by molar-refractivity contribution is 5.90. The fourth-order valence-electron chi connectivity index (χ4n) is 4.16. The van der Waals surface area contributed by atoms with Crippen LogP contribution < -0.4 is 0 Å². The molecule has 210 valence electrons. The molecule has 0 spiro atoms. The zero-order chi connectivity index (χ0) is 28.0. The Morgan fingerprint density at radius 3 is 2.45 bits per heavy atom. The van der Waals surface area contributed by atoms with Crippen molar-refractivity contribution < 1.29 is 63.9 Å². The largest absolute Gasteiger partial charge is 0.504 e. The smallest absolute Gasteiger partial charge is 0.337 e. The summed E-state index contributed by atoms with van der Waals surface area (Å²) in [6.07, 6.45) is -6.39. The number of allylic oxidation sites excluding steroid dienone is 1. The molecule has 0 radical (unpaired) electrons. The molecule has 0 saturated carbocycles. The highest BCUT2D eigenvalue weighted by atomic mass is 16.8. The van der Waals surface area contributed by atoms with Gasteiger partial charge >= 0.3 is 11.9 Å². The molecule has 2 aliphatic rings. The maximum Gasteiger partial charge on any atom is 0.337 e. The Labute approximate surface area is 218 Å². The molecule has 0 aliphatic carbocycles. The number of aliphatic hydroxyl groups is 4. The first-order chi connectivity index (χ1) is 18.1. The van der Waals surface area contributed by atoms with E-state index >= 15 is 0 Å². The van der Waals surface area contributed by atoms with Crippen LogP contribution >= 0.6 is 0 Å². The van der Waals surface area contributed by atoms with Crippen LogP contribution in [0.25, 0.3) is 0 Å². The molecule has 0 aromatic heterocycles. The second-order valence-electron chi connectivity index (χ2n) is 8.71. The van der Waals surface area contributed by atoms with E-state index in [2.05, 4.69) is 0 Å². The molecule has 13 nitrogen and oxygen atoms in total. The van der Waals surface area contributed by atoms with Gasteiger partial charge in [0.25, 0.3) is 0 Å². The number of hydrogen-bond donors (Lipinski definition) is 6. The standard InChI is InChI=1S/C25H32O13/c1-3-13-14(9-19(29)35-7-6-12-4-5-16(27)17(28)8-12)15(23(33)34-2)11-36-24(13)38-25-22(32)21(31)20(30)18(10-26)37-25/h3-5,8,11,14,18,20-22,24-28,30-32H,6-7,9-10H2,1-2H3/b13-3+/t14?,18?,20?,21?,22?,24-,25?/m0/s1. The molecular formula is C25H32O13. The van der Waals surface area contributed by atoms with E-state index in [4.69, 9.17) is 23.7 Å². The first-order valence-corrected chi connectivity index (χ1v) is 11.8. The quantitative estimate of drug-likeness (QED) is 0.131. The lowest BCUT2D eigenvalue weighted by Gasteiger charge is -2.41. The van der Waals surface area contributed by atoms with Gasteiger partial charge in [0.2, 0.25) is 6.29 Å². The summed E-state index contributed by atoms with van der Waals surface area (Å²) >= 11 is 0. The first kappa shape index (κ1) is 29.4. The van der Waals surface area contributed by atoms with E-state index in [0.29, 0.717) is 11.1 Å². The van der Waals surface area contributed by atoms with Crippen LogP contribution in [-0.2, 0) is 39.7 Å². The minimum absolute atomic E-state index is 0.00894. The molecule has 3 rings (SSSR count). The summed E-state index contributed by atoms with van der Waals surface area (Å²) in [5.74, 6) is -2.89. The van der Waals surface area contributed by atoms with E-state index in [9.17, 15) is 40.2 Å². The summed E-state index contributed by atoms with van der Waals surface area (Å²) in [6.45, 7) is 0.912. The number of phenolic OH excluding ortho intramolecular Hbond substituents is 2. The third kappa shape index (κ3) is 6.62. The van der Waals surface area contributed by atoms with Gasteiger partial charge < -0.3 is 54.3 Å². The number of aliphatic hydroxyl groups excluding tert-OH is 4. The van der Waals surface area contributed by atoms with Crippen LogP contribution in [0.5, 0.6) is 11.5 Å². The summed E-state index contributed by atoms with van der Waals surface area (Å²) < 4.78 is 26.7. The Kier molecular flexibility index (Phi) is 10.1. The van der Waals surface area contributed by atoms with Gasteiger partial charge in [-0.3, -0.25) is 4.79 Å². The van der Waals surface area contributed by atoms with Crippen LogP contribution in [0.1, 0.15) is 18.9 Å². The van der Waals surface area contributed by atoms with Crippen molar-refractivity contribution in [3.63, 3.8) is 0 Å². The predicted molar refractivity (Wildman–Crippen MR) is 126 cm³/mol. The molecular weight excluding hydrogens is 508 g/mol. The minimum Gasteiger partial charge on any atom is -0.504 e. The van der Waals surface area contributed by atoms with Crippen molar-refractivity contribution in [3.05, 3.63) is 47.2 Å². The van der Waals surface area contributed by atoms with Gasteiger partial charge in [0.15, 0.2) is 17.8 Å². The molecule has 7 atom stereocenters. The lowest BCUT2D eigenvalue weighted by molar-refractivity contribution is -0.327. The fourth-order valence-corrected chi connectivity index (χ4v) is 4.16. The van der Waals surface area contributed by atoms with Crippen molar-refractivity contribution in [3.8, 4) is 11.5 Å². The van der Waals surface area contributed by atoms with Crippen molar-refractivity contribution in [1.82, 2.24) is 0 Å². The minimum atomic E-state index is -1.69. The molecule has 1 aromatic carbocycles. The Morgan fingerprint density at radius 2 is 1.82 bits per heavy atom. The zero-order valence-electron chi connectivity index (χ0n) is 20.8. The number of hydrogen-bond acceptors (Lipinski definition) is 13. The zero-order valence-corrected chi connectivity index (χ0v) is 20.8. The van der Waals surface area contributed by atoms with Gasteiger partial charge in [-0.2, -0.15) is 0 Å². The van der Waals surface area contributed by atoms with Gasteiger partial charge in [0, 0.05) is 17.9 Å². The van der Waals surface area contributed by atoms with Gasteiger partial charge in [-0.1, -0.05) is 12.1 Å². The Hall–Kier alpha value is -3.20. The third-order valence-electron chi connectivity index (χ3n) is 6.29. The van der Waals surface area contributed by atoms with Crippen LogP contribution in [-0.4, -0.2) is 99.9 Å². The second kappa shape index (κ2) is 13.0. The molecule has 2 heterocycles. The monoisotopic (exact) mass is 540 g/mol. The normalized spacial score (nSPS) is 30.3. The van der Waals surface area contributed by atoms with Gasteiger partial charge in [0.05, 0.1) is 38.6 Å². The molecule has 1 aromatic rings. The molecule has 0 bridgehead atoms. The Bertz CT molecular complexity index is 1050. The van der Waals surface area contributed by atoms with E-state index in [1.54, 1.807) is 19.1 Å². The van der Waals surface area contributed by atoms with Crippen LogP contribution in [0.3, 0.4) is 0 Å². The number of aromatic hydroxyl groups is 2. The number of esters is 2. The first-order valence-electron chi connectivity index (χ1n) is 11.8. The Balaban J connectivity index is 1.71. The van der Waals surface area contributed by atoms with Crippen molar-refractivity contribution >= 4 is 11.9 Å². The van der Waals surface area contributed by atoms with Gasteiger partial charge in [0.1, 0.15) is 24.4 Å². The van der Waals surface area contributed by atoms with Crippen molar-refractivity contribution in [2.24, 2.45) is 5.92 Å². The van der Waals surface area contributed by atoms with Crippen LogP contribution in [0, 0.1) is 5.92 Å². The highest BCUT2D eigenvalue weighted by Gasteiger charge is 2.46. The molecule has 38 heavy (non-hydrogen) atoms. The van der Waals surface area contributed by atoms with E-state index in [1.165, 1.54) is 12.1 Å². The SMILES string of the molecule is C/C=C1\C(CC(=O)OCCc2ccc(O)c(O)c2)C(C(=O)OC)=CO[C@H]1OC1OC(CO)C(O)C(O)C1O. The predicted octanol–water partition coefficient (Wildman–Crippen LogP) is -0.634. The summed E-state index contributed by atoms with van der Waals surface area (Å²) in [5, 5.41) is 58.8. The average molecular weight is 541 g/mol. The lowest BCUT2D eigenvalue weighted by Crippen LogP contribution is -2.60. The van der Waals surface area contributed by atoms with E-state index < -0.39 is 61.5 Å². The van der Waals surface area contributed by atoms with Crippen molar-refractivity contribution in [2.75, 3.05) is 20.3 Å². The van der Waals surface area contributed by atoms with E-state index in [-0.39, 0.29) is 36.5 Å². The molecule has 0 amide bonds. The number of phenols is 2. The summed E-state index contributed by atoms with van der Waals surface area (Å²) in [7, 11) is 1.16. The number of rotatable bonds is 9. The number of methoxy groups -OCH3 is 1. The summed E-state index contributed by atoms with van der Waals surface area (Å²) in [5.41, 5.74) is 0.927. The van der Waals surface area contributed by atoms with Crippen LogP contribution in [0.2, 0.25) is 0 Å². The third-order valence-corrected chi connectivity index (χ3v) is 6.29. The topological polar surface area (TPSA) is 202 Å². The maximum absolute atomic E-state index is 12.7. The molecule has 6 unspecified atom stereocenters. The van der Waals surface area contributed by atoms with Gasteiger partial charge in [-0.25, -0.2) is 4.79 Å². The van der Waals surface area contributed by atoms with Gasteiger partial charge in [-0.15, -0.1) is 0 Å². The van der Waals surface area contributed by atoms with E-state index in [0.717, 1.165) is 13.4 Å². The molecule has 6 N–H and O–H groups in total. The van der Waals surface area contributed by atoms with Gasteiger partial charge in [-0.05, 0) is 24.6 Å².